The first-order valence-corrected chi connectivity index (χ1v) is 18.5. The number of fused-ring (bicyclic) bond motifs is 4. The van der Waals surface area contributed by atoms with Gasteiger partial charge in [-0.25, -0.2) is 0 Å². The van der Waals surface area contributed by atoms with Crippen molar-refractivity contribution >= 4 is 49.6 Å². The Morgan fingerprint density at radius 1 is 0.333 bits per heavy atom. The summed E-state index contributed by atoms with van der Waals surface area (Å²) in [6.45, 7) is 0. The maximum absolute atomic E-state index is 2.46. The maximum Gasteiger partial charge on any atom is 0.0547 e. The molecule has 0 fully saturated rings. The molecule has 254 valence electrons. The molecule has 0 radical (unpaired) electrons. The van der Waals surface area contributed by atoms with Crippen LogP contribution in [0.4, 0.5) is 17.1 Å². The maximum atomic E-state index is 2.46. The normalized spacial score (nSPS) is 11.3. The Morgan fingerprint density at radius 3 is 1.43 bits per heavy atom. The fourth-order valence-corrected chi connectivity index (χ4v) is 8.13. The van der Waals surface area contributed by atoms with E-state index >= 15 is 0 Å². The molecule has 2 heteroatoms. The lowest BCUT2D eigenvalue weighted by Gasteiger charge is -2.29. The van der Waals surface area contributed by atoms with Crippen molar-refractivity contribution in [2.75, 3.05) is 4.90 Å². The van der Waals surface area contributed by atoms with Crippen LogP contribution >= 0.6 is 0 Å². The van der Waals surface area contributed by atoms with E-state index in [4.69, 9.17) is 0 Å². The molecule has 0 aliphatic heterocycles. The summed E-state index contributed by atoms with van der Waals surface area (Å²) in [7, 11) is 0. The van der Waals surface area contributed by atoms with Crippen molar-refractivity contribution in [1.29, 1.82) is 0 Å². The number of benzene rings is 9. The zero-order valence-electron chi connectivity index (χ0n) is 29.7. The SMILES string of the molecule is c1ccc(-c2cccc(N(c3cccc(-c4ccccc4)c3)c3ccccc3-c3c(-n4c5ccccc5c5ccccc54)ccc4ccccc34)c2)cc1. The first kappa shape index (κ1) is 31.6. The van der Waals surface area contributed by atoms with Crippen LogP contribution in [0.15, 0.2) is 218 Å². The lowest BCUT2D eigenvalue weighted by molar-refractivity contribution is 1.18. The molecule has 1 aromatic heterocycles. The summed E-state index contributed by atoms with van der Waals surface area (Å²) in [5.41, 5.74) is 13.9. The number of anilines is 3. The highest BCUT2D eigenvalue weighted by atomic mass is 15.1. The molecule has 9 aromatic carbocycles. The minimum atomic E-state index is 1.09. The van der Waals surface area contributed by atoms with Crippen LogP contribution in [0.25, 0.3) is 71.6 Å². The van der Waals surface area contributed by atoms with Crippen molar-refractivity contribution in [3.8, 4) is 39.1 Å². The summed E-state index contributed by atoms with van der Waals surface area (Å²) in [6.07, 6.45) is 0. The highest BCUT2D eigenvalue weighted by Gasteiger charge is 2.23. The Labute approximate surface area is 315 Å². The molecule has 1 heterocycles. The van der Waals surface area contributed by atoms with Gasteiger partial charge in [-0.05, 0) is 81.6 Å². The van der Waals surface area contributed by atoms with Gasteiger partial charge >= 0.3 is 0 Å². The standard InChI is InChI=1S/C52H36N2/c1-3-17-37(18-4-1)40-22-15-24-42(35-40)53(43-25-16-23-41(36-43)38-19-5-2-6-20-38)50-32-14-11-29-47(50)52-44-26-8-7-21-39(44)33-34-51(52)54-48-30-12-9-27-45(48)46-28-10-13-31-49(46)54/h1-36H. The van der Waals surface area contributed by atoms with E-state index in [1.807, 2.05) is 0 Å². The first-order chi connectivity index (χ1) is 26.8. The molecule has 0 amide bonds. The third-order valence-electron chi connectivity index (χ3n) is 10.6. The summed E-state index contributed by atoms with van der Waals surface area (Å²) in [6, 6.07) is 79.0. The summed E-state index contributed by atoms with van der Waals surface area (Å²) in [5.74, 6) is 0. The second-order valence-electron chi connectivity index (χ2n) is 13.7. The fourth-order valence-electron chi connectivity index (χ4n) is 8.13. The van der Waals surface area contributed by atoms with Gasteiger partial charge in [0, 0.05) is 33.3 Å². The largest absolute Gasteiger partial charge is 0.310 e. The van der Waals surface area contributed by atoms with E-state index in [0.29, 0.717) is 0 Å². The van der Waals surface area contributed by atoms with E-state index in [1.54, 1.807) is 0 Å². The molecule has 0 atom stereocenters. The zero-order chi connectivity index (χ0) is 35.8. The van der Waals surface area contributed by atoms with Crippen LogP contribution in [0.3, 0.4) is 0 Å². The average molecular weight is 689 g/mol. The summed E-state index contributed by atoms with van der Waals surface area (Å²) >= 11 is 0. The van der Waals surface area contributed by atoms with E-state index in [1.165, 1.54) is 60.4 Å². The van der Waals surface area contributed by atoms with Gasteiger partial charge in [-0.15, -0.1) is 0 Å². The lowest BCUT2D eigenvalue weighted by Crippen LogP contribution is -2.12. The Morgan fingerprint density at radius 2 is 0.815 bits per heavy atom. The van der Waals surface area contributed by atoms with Gasteiger partial charge < -0.3 is 9.47 Å². The van der Waals surface area contributed by atoms with Crippen molar-refractivity contribution in [3.63, 3.8) is 0 Å². The van der Waals surface area contributed by atoms with E-state index < -0.39 is 0 Å². The van der Waals surface area contributed by atoms with E-state index in [-0.39, 0.29) is 0 Å². The molecule has 0 unspecified atom stereocenters. The van der Waals surface area contributed by atoms with Gasteiger partial charge in [-0.2, -0.15) is 0 Å². The molecule has 0 saturated carbocycles. The Kier molecular flexibility index (Phi) is 7.85. The number of para-hydroxylation sites is 3. The number of hydrogen-bond donors (Lipinski definition) is 0. The first-order valence-electron chi connectivity index (χ1n) is 18.5. The number of rotatable bonds is 7. The van der Waals surface area contributed by atoms with Gasteiger partial charge in [-0.1, -0.05) is 170 Å². The van der Waals surface area contributed by atoms with Gasteiger partial charge in [0.2, 0.25) is 0 Å². The smallest absolute Gasteiger partial charge is 0.0547 e. The molecular weight excluding hydrogens is 653 g/mol. The van der Waals surface area contributed by atoms with Gasteiger partial charge in [0.05, 0.1) is 22.4 Å². The van der Waals surface area contributed by atoms with Gasteiger partial charge in [-0.3, -0.25) is 0 Å². The molecule has 0 saturated heterocycles. The Bertz CT molecular complexity index is 2800. The van der Waals surface area contributed by atoms with Crippen LogP contribution in [0.5, 0.6) is 0 Å². The van der Waals surface area contributed by atoms with Crippen LogP contribution in [-0.4, -0.2) is 4.57 Å². The number of nitrogens with zero attached hydrogens (tertiary/aromatic N) is 2. The molecule has 10 aromatic rings. The Balaban J connectivity index is 1.27. The van der Waals surface area contributed by atoms with E-state index in [0.717, 1.165) is 28.3 Å². The Hall–Kier alpha value is -7.16. The van der Waals surface area contributed by atoms with Crippen LogP contribution in [-0.2, 0) is 0 Å². The number of hydrogen-bond acceptors (Lipinski definition) is 1. The predicted octanol–water partition coefficient (Wildman–Crippen LogP) is 14.4. The van der Waals surface area contributed by atoms with Gasteiger partial charge in [0.25, 0.3) is 0 Å². The van der Waals surface area contributed by atoms with Gasteiger partial charge in [0.15, 0.2) is 0 Å². The van der Waals surface area contributed by atoms with Crippen molar-refractivity contribution in [3.05, 3.63) is 218 Å². The topological polar surface area (TPSA) is 8.17 Å². The fraction of sp³-hybridized carbons (Fsp3) is 0. The van der Waals surface area contributed by atoms with Crippen molar-refractivity contribution in [2.24, 2.45) is 0 Å². The van der Waals surface area contributed by atoms with Crippen LogP contribution < -0.4 is 4.90 Å². The van der Waals surface area contributed by atoms with E-state index in [2.05, 4.69) is 228 Å². The quantitative estimate of drug-likeness (QED) is 0.162. The number of aromatic nitrogens is 1. The molecule has 10 rings (SSSR count). The molecule has 0 N–H and O–H groups in total. The molecule has 0 spiro atoms. The second-order valence-corrected chi connectivity index (χ2v) is 13.7. The lowest BCUT2D eigenvalue weighted by atomic mass is 9.93. The minimum Gasteiger partial charge on any atom is -0.310 e. The monoisotopic (exact) mass is 688 g/mol. The van der Waals surface area contributed by atoms with Crippen LogP contribution in [0.2, 0.25) is 0 Å². The second kappa shape index (κ2) is 13.4. The molecule has 0 aliphatic carbocycles. The van der Waals surface area contributed by atoms with E-state index in [9.17, 15) is 0 Å². The zero-order valence-corrected chi connectivity index (χ0v) is 29.7. The highest BCUT2D eigenvalue weighted by Crippen LogP contribution is 2.47. The van der Waals surface area contributed by atoms with Crippen LogP contribution in [0.1, 0.15) is 0 Å². The molecule has 0 aliphatic rings. The predicted molar refractivity (Wildman–Crippen MR) is 229 cm³/mol. The summed E-state index contributed by atoms with van der Waals surface area (Å²) in [5, 5.41) is 4.91. The molecule has 54 heavy (non-hydrogen) atoms. The van der Waals surface area contributed by atoms with Crippen molar-refractivity contribution in [2.45, 2.75) is 0 Å². The minimum absolute atomic E-state index is 1.09. The highest BCUT2D eigenvalue weighted by molar-refractivity contribution is 6.12. The van der Waals surface area contributed by atoms with Crippen molar-refractivity contribution < 1.29 is 0 Å². The summed E-state index contributed by atoms with van der Waals surface area (Å²) < 4.78 is 2.46. The third kappa shape index (κ3) is 5.44. The molecule has 2 nitrogen and oxygen atoms in total. The van der Waals surface area contributed by atoms with Crippen LogP contribution in [0, 0.1) is 0 Å². The molecule has 0 bridgehead atoms. The average Bonchev–Trinajstić information content (AvgIpc) is 3.59. The molecular formula is C52H36N2. The summed E-state index contributed by atoms with van der Waals surface area (Å²) in [4.78, 5) is 2.44. The third-order valence-corrected chi connectivity index (χ3v) is 10.6. The van der Waals surface area contributed by atoms with Gasteiger partial charge in [0.1, 0.15) is 0 Å². The van der Waals surface area contributed by atoms with Crippen molar-refractivity contribution in [1.82, 2.24) is 4.57 Å².